The third-order valence-corrected chi connectivity index (χ3v) is 4.79. The lowest BCUT2D eigenvalue weighted by molar-refractivity contribution is 0.579. The van der Waals surface area contributed by atoms with E-state index < -0.39 is 10.0 Å². The molecule has 0 saturated carbocycles. The summed E-state index contributed by atoms with van der Waals surface area (Å²) in [4.78, 5) is 11.7. The van der Waals surface area contributed by atoms with Crippen molar-refractivity contribution in [3.8, 4) is 0 Å². The Morgan fingerprint density at radius 1 is 1.10 bits per heavy atom. The van der Waals surface area contributed by atoms with E-state index >= 15 is 0 Å². The first kappa shape index (κ1) is 15.5. The molecule has 6 nitrogen and oxygen atoms in total. The maximum Gasteiger partial charge on any atom is 0.267 e. The highest BCUT2D eigenvalue weighted by Gasteiger charge is 2.13. The number of aromatic nitrogens is 2. The minimum atomic E-state index is -3.48. The minimum absolute atomic E-state index is 0.145. The number of H-pyrrole nitrogens is 2. The molecule has 2 rings (SSSR count). The summed E-state index contributed by atoms with van der Waals surface area (Å²) in [5.41, 5.74) is 2.33. The van der Waals surface area contributed by atoms with Gasteiger partial charge in [-0.15, -0.1) is 0 Å². The zero-order chi connectivity index (χ0) is 15.5. The second-order valence-corrected chi connectivity index (χ2v) is 6.76. The second-order valence-electron chi connectivity index (χ2n) is 5.00. The Morgan fingerprint density at radius 2 is 1.76 bits per heavy atom. The van der Waals surface area contributed by atoms with Crippen LogP contribution in [0.3, 0.4) is 0 Å². The second kappa shape index (κ2) is 6.28. The standard InChI is InChI=1S/C14H19N3O3S/c1-10-5-7-12(8-6-10)21(19,20)15-9-3-4-13-11(2)16-17-14(13)18/h5-8,15H,3-4,9H2,1-2H3,(H2,16,17,18). The molecule has 7 heteroatoms. The van der Waals surface area contributed by atoms with Crippen molar-refractivity contribution in [2.24, 2.45) is 0 Å². The molecule has 1 heterocycles. The van der Waals surface area contributed by atoms with Crippen molar-refractivity contribution in [1.29, 1.82) is 0 Å². The van der Waals surface area contributed by atoms with E-state index in [9.17, 15) is 13.2 Å². The lowest BCUT2D eigenvalue weighted by Gasteiger charge is -2.06. The Kier molecular flexibility index (Phi) is 4.64. The summed E-state index contributed by atoms with van der Waals surface area (Å²) in [6.45, 7) is 4.00. The molecular formula is C14H19N3O3S. The Bertz CT molecular complexity index is 758. The minimum Gasteiger partial charge on any atom is -0.302 e. The first-order valence-electron chi connectivity index (χ1n) is 6.72. The summed E-state index contributed by atoms with van der Waals surface area (Å²) in [7, 11) is -3.48. The fraction of sp³-hybridized carbons (Fsp3) is 0.357. The van der Waals surface area contributed by atoms with E-state index in [1.54, 1.807) is 24.3 Å². The smallest absolute Gasteiger partial charge is 0.267 e. The van der Waals surface area contributed by atoms with Crippen LogP contribution >= 0.6 is 0 Å². The van der Waals surface area contributed by atoms with Gasteiger partial charge in [0.1, 0.15) is 0 Å². The van der Waals surface area contributed by atoms with Gasteiger partial charge >= 0.3 is 0 Å². The molecule has 0 aliphatic heterocycles. The summed E-state index contributed by atoms with van der Waals surface area (Å²) in [6, 6.07) is 6.69. The van der Waals surface area contributed by atoms with Gasteiger partial charge in [-0.1, -0.05) is 17.7 Å². The van der Waals surface area contributed by atoms with Crippen LogP contribution in [-0.2, 0) is 16.4 Å². The summed E-state index contributed by atoms with van der Waals surface area (Å²) in [5, 5.41) is 5.26. The van der Waals surface area contributed by atoms with Gasteiger partial charge < -0.3 is 5.10 Å². The Balaban J connectivity index is 1.91. The van der Waals surface area contributed by atoms with Gasteiger partial charge in [-0.3, -0.25) is 9.89 Å². The summed E-state index contributed by atoms with van der Waals surface area (Å²) in [6.07, 6.45) is 1.09. The Labute approximate surface area is 123 Å². The number of sulfonamides is 1. The zero-order valence-corrected chi connectivity index (χ0v) is 12.9. The van der Waals surface area contributed by atoms with Crippen LogP contribution in [-0.4, -0.2) is 25.2 Å². The quantitative estimate of drug-likeness (QED) is 0.700. The highest BCUT2D eigenvalue weighted by molar-refractivity contribution is 7.89. The van der Waals surface area contributed by atoms with Crippen molar-refractivity contribution in [2.75, 3.05) is 6.54 Å². The average molecular weight is 309 g/mol. The molecule has 0 fully saturated rings. The zero-order valence-electron chi connectivity index (χ0n) is 12.1. The fourth-order valence-electron chi connectivity index (χ4n) is 2.05. The van der Waals surface area contributed by atoms with Crippen LogP contribution in [0.2, 0.25) is 0 Å². The maximum atomic E-state index is 12.1. The molecule has 1 aromatic carbocycles. The molecule has 2 aromatic rings. The largest absolute Gasteiger partial charge is 0.302 e. The molecule has 0 atom stereocenters. The predicted molar refractivity (Wildman–Crippen MR) is 80.8 cm³/mol. The number of hydrogen-bond donors (Lipinski definition) is 3. The molecule has 21 heavy (non-hydrogen) atoms. The Hall–Kier alpha value is -1.86. The van der Waals surface area contributed by atoms with Gasteiger partial charge in [-0.05, 0) is 38.8 Å². The number of benzene rings is 1. The maximum absolute atomic E-state index is 12.1. The van der Waals surface area contributed by atoms with E-state index in [-0.39, 0.29) is 10.5 Å². The molecule has 0 aliphatic carbocycles. The van der Waals surface area contributed by atoms with Crippen LogP contribution in [0.5, 0.6) is 0 Å². The summed E-state index contributed by atoms with van der Waals surface area (Å²) in [5.74, 6) is 0. The van der Waals surface area contributed by atoms with Crippen LogP contribution in [0.4, 0.5) is 0 Å². The van der Waals surface area contributed by atoms with Gasteiger partial charge in [0, 0.05) is 17.8 Å². The van der Waals surface area contributed by atoms with Crippen LogP contribution < -0.4 is 10.3 Å². The van der Waals surface area contributed by atoms with Gasteiger partial charge in [-0.25, -0.2) is 13.1 Å². The van der Waals surface area contributed by atoms with Crippen molar-refractivity contribution in [2.45, 2.75) is 31.6 Å². The number of rotatable bonds is 6. The first-order chi connectivity index (χ1) is 9.90. The average Bonchev–Trinajstić information content (AvgIpc) is 2.75. The van der Waals surface area contributed by atoms with E-state index in [0.717, 1.165) is 11.3 Å². The first-order valence-corrected chi connectivity index (χ1v) is 8.21. The molecule has 0 amide bonds. The number of nitrogens with one attached hydrogen (secondary N) is 3. The molecule has 114 valence electrons. The molecule has 0 unspecified atom stereocenters. The highest BCUT2D eigenvalue weighted by Crippen LogP contribution is 2.10. The monoisotopic (exact) mass is 309 g/mol. The molecule has 0 bridgehead atoms. The normalized spacial score (nSPS) is 11.7. The SMILES string of the molecule is Cc1ccc(S(=O)(=O)NCCCc2c(C)[nH][nH]c2=O)cc1. The van der Waals surface area contributed by atoms with Crippen molar-refractivity contribution in [1.82, 2.24) is 14.9 Å². The van der Waals surface area contributed by atoms with E-state index in [4.69, 9.17) is 0 Å². The van der Waals surface area contributed by atoms with Gasteiger partial charge in [0.15, 0.2) is 0 Å². The van der Waals surface area contributed by atoms with Crippen molar-refractivity contribution >= 4 is 10.0 Å². The molecule has 0 aliphatic rings. The van der Waals surface area contributed by atoms with Crippen LogP contribution in [0.25, 0.3) is 0 Å². The van der Waals surface area contributed by atoms with E-state index in [1.165, 1.54) is 0 Å². The van der Waals surface area contributed by atoms with Crippen molar-refractivity contribution in [3.05, 3.63) is 51.4 Å². The van der Waals surface area contributed by atoms with Gasteiger partial charge in [0.25, 0.3) is 5.56 Å². The van der Waals surface area contributed by atoms with Crippen molar-refractivity contribution < 1.29 is 8.42 Å². The van der Waals surface area contributed by atoms with E-state index in [0.29, 0.717) is 24.9 Å². The number of hydrogen-bond acceptors (Lipinski definition) is 3. The number of aryl methyl sites for hydroxylation is 2. The van der Waals surface area contributed by atoms with Gasteiger partial charge in [0.2, 0.25) is 10.0 Å². The van der Waals surface area contributed by atoms with Crippen molar-refractivity contribution in [3.63, 3.8) is 0 Å². The lowest BCUT2D eigenvalue weighted by Crippen LogP contribution is -2.25. The van der Waals surface area contributed by atoms with E-state index in [1.807, 2.05) is 13.8 Å². The number of aromatic amines is 2. The Morgan fingerprint density at radius 3 is 2.33 bits per heavy atom. The third-order valence-electron chi connectivity index (χ3n) is 3.32. The van der Waals surface area contributed by atoms with Gasteiger partial charge in [0.05, 0.1) is 4.90 Å². The fourth-order valence-corrected chi connectivity index (χ4v) is 3.12. The molecule has 0 saturated heterocycles. The molecule has 1 aromatic heterocycles. The topological polar surface area (TPSA) is 94.8 Å². The van der Waals surface area contributed by atoms with E-state index in [2.05, 4.69) is 14.9 Å². The molecule has 0 spiro atoms. The van der Waals surface area contributed by atoms with Crippen LogP contribution in [0.1, 0.15) is 23.2 Å². The lowest BCUT2D eigenvalue weighted by atomic mass is 10.1. The van der Waals surface area contributed by atoms with Crippen LogP contribution in [0.15, 0.2) is 34.0 Å². The third kappa shape index (κ3) is 3.83. The van der Waals surface area contributed by atoms with Gasteiger partial charge in [-0.2, -0.15) is 0 Å². The summed E-state index contributed by atoms with van der Waals surface area (Å²) >= 11 is 0. The molecule has 3 N–H and O–H groups in total. The molecular weight excluding hydrogens is 290 g/mol. The van der Waals surface area contributed by atoms with Crippen LogP contribution in [0, 0.1) is 13.8 Å². The summed E-state index contributed by atoms with van der Waals surface area (Å²) < 4.78 is 26.7. The molecule has 0 radical (unpaired) electrons. The highest BCUT2D eigenvalue weighted by atomic mass is 32.2. The predicted octanol–water partition coefficient (Wildman–Crippen LogP) is 1.23.